The van der Waals surface area contributed by atoms with E-state index in [1.54, 1.807) is 6.07 Å². The van der Waals surface area contributed by atoms with Crippen molar-refractivity contribution in [2.45, 2.75) is 32.7 Å². The summed E-state index contributed by atoms with van der Waals surface area (Å²) in [7, 11) is 0. The Morgan fingerprint density at radius 2 is 2.00 bits per heavy atom. The zero-order valence-corrected chi connectivity index (χ0v) is 11.4. The van der Waals surface area contributed by atoms with Crippen molar-refractivity contribution in [3.63, 3.8) is 0 Å². The number of carbonyl (C=O) groups excluding carboxylic acids is 1. The maximum Gasteiger partial charge on any atom is 0.326 e. The van der Waals surface area contributed by atoms with Gasteiger partial charge in [-0.3, -0.25) is 9.59 Å². The summed E-state index contributed by atoms with van der Waals surface area (Å²) in [6, 6.07) is 0.260. The molecule has 1 heterocycles. The molecule has 0 aliphatic rings. The average Bonchev–Trinajstić information content (AvgIpc) is 2.69. The Kier molecular flexibility index (Phi) is 5.05. The number of carboxylic acids is 2. The lowest BCUT2D eigenvalue weighted by Crippen LogP contribution is -2.41. The van der Waals surface area contributed by atoms with Crippen LogP contribution in [0.4, 0.5) is 0 Å². The molecule has 1 aromatic rings. The third-order valence-electron chi connectivity index (χ3n) is 2.55. The first kappa shape index (κ1) is 15.2. The maximum atomic E-state index is 11.9. The van der Waals surface area contributed by atoms with E-state index < -0.39 is 30.3 Å². The highest BCUT2D eigenvalue weighted by Gasteiger charge is 2.24. The van der Waals surface area contributed by atoms with Crippen molar-refractivity contribution >= 4 is 29.2 Å². The Morgan fingerprint density at radius 3 is 2.42 bits per heavy atom. The molecule has 0 aromatic carbocycles. The maximum absolute atomic E-state index is 11.9. The second-order valence-electron chi connectivity index (χ2n) is 4.03. The lowest BCUT2D eigenvalue weighted by Gasteiger charge is -2.11. The minimum atomic E-state index is -1.42. The molecule has 0 bridgehead atoms. The summed E-state index contributed by atoms with van der Waals surface area (Å²) >= 11 is 1.29. The third kappa shape index (κ3) is 4.06. The fourth-order valence-electron chi connectivity index (χ4n) is 1.59. The smallest absolute Gasteiger partial charge is 0.326 e. The van der Waals surface area contributed by atoms with Crippen molar-refractivity contribution in [3.8, 4) is 0 Å². The largest absolute Gasteiger partial charge is 0.481 e. The van der Waals surface area contributed by atoms with Gasteiger partial charge in [-0.05, 0) is 25.0 Å². The van der Waals surface area contributed by atoms with Gasteiger partial charge in [0.15, 0.2) is 0 Å². The van der Waals surface area contributed by atoms with Crippen molar-refractivity contribution in [1.29, 1.82) is 0 Å². The summed E-state index contributed by atoms with van der Waals surface area (Å²) in [4.78, 5) is 34.7. The molecule has 0 saturated heterocycles. The van der Waals surface area contributed by atoms with Gasteiger partial charge in [0.05, 0.1) is 11.3 Å². The number of hydrogen-bond acceptors (Lipinski definition) is 4. The molecule has 1 rings (SSSR count). The number of amides is 1. The zero-order chi connectivity index (χ0) is 14.6. The minimum Gasteiger partial charge on any atom is -0.481 e. The molecule has 0 fully saturated rings. The number of carboxylic acid groups (broad SMARTS) is 2. The molecule has 7 heteroatoms. The molecule has 0 radical (unpaired) electrons. The van der Waals surface area contributed by atoms with Crippen LogP contribution in [-0.2, 0) is 16.0 Å². The number of rotatable bonds is 6. The van der Waals surface area contributed by atoms with Gasteiger partial charge in [0.25, 0.3) is 5.91 Å². The normalized spacial score (nSPS) is 11.9. The Bertz CT molecular complexity index is 508. The Balaban J connectivity index is 2.81. The van der Waals surface area contributed by atoms with Crippen LogP contribution in [0.3, 0.4) is 0 Å². The predicted molar refractivity (Wildman–Crippen MR) is 69.6 cm³/mol. The van der Waals surface area contributed by atoms with Gasteiger partial charge in [-0.15, -0.1) is 11.3 Å². The SMILES string of the molecule is CCc1sc(C(=O)N[C@H](CC(=O)O)C(=O)O)cc1C. The molecule has 0 unspecified atom stereocenters. The van der Waals surface area contributed by atoms with Crippen molar-refractivity contribution in [2.75, 3.05) is 0 Å². The number of thiophene rings is 1. The van der Waals surface area contributed by atoms with E-state index in [1.165, 1.54) is 11.3 Å². The highest BCUT2D eigenvalue weighted by atomic mass is 32.1. The lowest BCUT2D eigenvalue weighted by atomic mass is 10.2. The molecule has 0 spiro atoms. The van der Waals surface area contributed by atoms with Gasteiger partial charge >= 0.3 is 11.9 Å². The monoisotopic (exact) mass is 285 g/mol. The van der Waals surface area contributed by atoms with Crippen LogP contribution < -0.4 is 5.32 Å². The van der Waals surface area contributed by atoms with Crippen molar-refractivity contribution < 1.29 is 24.6 Å². The molecule has 6 nitrogen and oxygen atoms in total. The summed E-state index contributed by atoms with van der Waals surface area (Å²) < 4.78 is 0. The number of nitrogens with one attached hydrogen (secondary N) is 1. The van der Waals surface area contributed by atoms with Crippen molar-refractivity contribution in [1.82, 2.24) is 5.32 Å². The highest BCUT2D eigenvalue weighted by Crippen LogP contribution is 2.22. The highest BCUT2D eigenvalue weighted by molar-refractivity contribution is 7.14. The fourth-order valence-corrected chi connectivity index (χ4v) is 2.60. The van der Waals surface area contributed by atoms with Crippen LogP contribution in [0.1, 0.15) is 33.5 Å². The van der Waals surface area contributed by atoms with Crippen LogP contribution >= 0.6 is 11.3 Å². The molecule has 1 aromatic heterocycles. The zero-order valence-electron chi connectivity index (χ0n) is 10.6. The average molecular weight is 285 g/mol. The minimum absolute atomic E-state index is 0.394. The Hall–Kier alpha value is -1.89. The molecule has 0 aliphatic carbocycles. The number of hydrogen-bond donors (Lipinski definition) is 3. The molecule has 0 aliphatic heterocycles. The summed E-state index contributed by atoms with van der Waals surface area (Å²) in [6.45, 7) is 3.84. The van der Waals surface area contributed by atoms with Gasteiger partial charge in [0.1, 0.15) is 6.04 Å². The van der Waals surface area contributed by atoms with Crippen LogP contribution in [0.25, 0.3) is 0 Å². The second-order valence-corrected chi connectivity index (χ2v) is 5.17. The molecule has 3 N–H and O–H groups in total. The van der Waals surface area contributed by atoms with E-state index in [1.807, 2.05) is 13.8 Å². The summed E-state index contributed by atoms with van der Waals surface area (Å²) in [5.74, 6) is -3.19. The second kappa shape index (κ2) is 6.33. The summed E-state index contributed by atoms with van der Waals surface area (Å²) in [5.41, 5.74) is 0.975. The fraction of sp³-hybridized carbons (Fsp3) is 0.417. The van der Waals surface area contributed by atoms with E-state index in [9.17, 15) is 14.4 Å². The van der Waals surface area contributed by atoms with E-state index in [0.29, 0.717) is 4.88 Å². The third-order valence-corrected chi connectivity index (χ3v) is 3.93. The molecular formula is C12H15NO5S. The first-order valence-electron chi connectivity index (χ1n) is 5.69. The number of aryl methyl sites for hydroxylation is 2. The Labute approximate surface area is 114 Å². The molecule has 19 heavy (non-hydrogen) atoms. The van der Waals surface area contributed by atoms with Crippen LogP contribution in [0.2, 0.25) is 0 Å². The van der Waals surface area contributed by atoms with Gasteiger partial charge in [-0.2, -0.15) is 0 Å². The van der Waals surface area contributed by atoms with E-state index >= 15 is 0 Å². The molecule has 0 saturated carbocycles. The molecule has 1 amide bonds. The van der Waals surface area contributed by atoms with Crippen molar-refractivity contribution in [3.05, 3.63) is 21.4 Å². The van der Waals surface area contributed by atoms with E-state index in [-0.39, 0.29) is 0 Å². The number of aliphatic carboxylic acids is 2. The van der Waals surface area contributed by atoms with Gasteiger partial charge < -0.3 is 15.5 Å². The number of carbonyl (C=O) groups is 3. The predicted octanol–water partition coefficient (Wildman–Crippen LogP) is 1.28. The van der Waals surface area contributed by atoms with E-state index in [4.69, 9.17) is 10.2 Å². The van der Waals surface area contributed by atoms with Crippen molar-refractivity contribution in [2.24, 2.45) is 0 Å². The quantitative estimate of drug-likeness (QED) is 0.730. The van der Waals surface area contributed by atoms with Crippen LogP contribution in [0.5, 0.6) is 0 Å². The van der Waals surface area contributed by atoms with Gasteiger partial charge in [-0.1, -0.05) is 6.92 Å². The lowest BCUT2D eigenvalue weighted by molar-refractivity contribution is -0.145. The van der Waals surface area contributed by atoms with E-state index in [0.717, 1.165) is 16.9 Å². The van der Waals surface area contributed by atoms with E-state index in [2.05, 4.69) is 5.32 Å². The summed E-state index contributed by atoms with van der Waals surface area (Å²) in [6.07, 6.45) is 0.146. The van der Waals surface area contributed by atoms with Crippen LogP contribution in [0, 0.1) is 6.92 Å². The summed E-state index contributed by atoms with van der Waals surface area (Å²) in [5, 5.41) is 19.7. The van der Waals surface area contributed by atoms with Gasteiger partial charge in [-0.25, -0.2) is 4.79 Å². The van der Waals surface area contributed by atoms with Gasteiger partial charge in [0, 0.05) is 4.88 Å². The Morgan fingerprint density at radius 1 is 1.37 bits per heavy atom. The van der Waals surface area contributed by atoms with Gasteiger partial charge in [0.2, 0.25) is 0 Å². The topological polar surface area (TPSA) is 104 Å². The molecule has 1 atom stereocenters. The first-order chi connectivity index (χ1) is 8.85. The van der Waals surface area contributed by atoms with Crippen LogP contribution in [0.15, 0.2) is 6.07 Å². The molecule has 104 valence electrons. The first-order valence-corrected chi connectivity index (χ1v) is 6.51. The standard InChI is InChI=1S/C12H15NO5S/c1-3-8-6(2)4-9(19-8)11(16)13-7(12(17)18)5-10(14)15/h4,7H,3,5H2,1-2H3,(H,13,16)(H,14,15)(H,17,18)/t7-/m1/s1. The van der Waals surface area contributed by atoms with Crippen LogP contribution in [-0.4, -0.2) is 34.1 Å². The molecular weight excluding hydrogens is 270 g/mol.